The topological polar surface area (TPSA) is 32.7 Å². The molecule has 40 heavy (non-hydrogen) atoms. The summed E-state index contributed by atoms with van der Waals surface area (Å²) < 4.78 is 7.42. The number of nitrogens with zero attached hydrogens (tertiary/aromatic N) is 1. The van der Waals surface area contributed by atoms with Crippen molar-refractivity contribution in [3.63, 3.8) is 0 Å². The normalized spacial score (nSPS) is 24.9. The van der Waals surface area contributed by atoms with Gasteiger partial charge in [-0.15, -0.1) is 11.8 Å². The van der Waals surface area contributed by atoms with E-state index in [9.17, 15) is 5.11 Å². The number of likely N-dealkylation sites (tertiary alicyclic amines) is 1. The number of hydrogen-bond donors (Lipinski definition) is 1. The van der Waals surface area contributed by atoms with E-state index in [4.69, 9.17) is 4.74 Å². The molecule has 0 radical (unpaired) electrons. The van der Waals surface area contributed by atoms with E-state index >= 15 is 0 Å². The molecule has 2 aromatic rings. The zero-order valence-corrected chi connectivity index (χ0v) is 25.9. The second-order valence-corrected chi connectivity index (χ2v) is 14.0. The molecule has 2 aliphatic heterocycles. The molecule has 2 aliphatic carbocycles. The molecule has 1 N–H and O–H groups in total. The highest BCUT2D eigenvalue weighted by molar-refractivity contribution is 9.10. The molecule has 1 fully saturated rings. The van der Waals surface area contributed by atoms with Crippen LogP contribution >= 0.6 is 27.7 Å². The van der Waals surface area contributed by atoms with Gasteiger partial charge < -0.3 is 9.84 Å². The highest BCUT2D eigenvalue weighted by Crippen LogP contribution is 2.52. The van der Waals surface area contributed by atoms with Crippen molar-refractivity contribution in [3.8, 4) is 5.75 Å². The van der Waals surface area contributed by atoms with Gasteiger partial charge in [-0.25, -0.2) is 0 Å². The predicted octanol–water partition coefficient (Wildman–Crippen LogP) is 9.31. The van der Waals surface area contributed by atoms with Crippen LogP contribution in [0.2, 0.25) is 0 Å². The van der Waals surface area contributed by atoms with Gasteiger partial charge >= 0.3 is 0 Å². The minimum absolute atomic E-state index is 0.359. The fourth-order valence-corrected chi connectivity index (χ4v) is 8.98. The van der Waals surface area contributed by atoms with E-state index in [1.165, 1.54) is 84.1 Å². The molecule has 0 saturated carbocycles. The minimum atomic E-state index is 0.359. The lowest BCUT2D eigenvalue weighted by Gasteiger charge is -2.28. The molecular formula is C35H42BrNO2S. The smallest absolute Gasteiger partial charge is 0.116 e. The van der Waals surface area contributed by atoms with Crippen LogP contribution in [0.4, 0.5) is 0 Å². The van der Waals surface area contributed by atoms with E-state index in [-0.39, 0.29) is 0 Å². The van der Waals surface area contributed by atoms with Gasteiger partial charge in [0, 0.05) is 33.5 Å². The Balaban J connectivity index is 1.11. The van der Waals surface area contributed by atoms with E-state index in [0.717, 1.165) is 38.2 Å². The number of benzene rings is 2. The van der Waals surface area contributed by atoms with Crippen LogP contribution in [0.1, 0.15) is 80.4 Å². The lowest BCUT2D eigenvalue weighted by molar-refractivity contribution is 0.223. The Bertz CT molecular complexity index is 1280. The van der Waals surface area contributed by atoms with Crippen molar-refractivity contribution in [2.75, 3.05) is 19.7 Å². The van der Waals surface area contributed by atoms with Crippen molar-refractivity contribution in [2.45, 2.75) is 86.8 Å². The van der Waals surface area contributed by atoms with Crippen molar-refractivity contribution >= 4 is 27.7 Å². The summed E-state index contributed by atoms with van der Waals surface area (Å²) in [5, 5.41) is 10.6. The van der Waals surface area contributed by atoms with Crippen LogP contribution < -0.4 is 0 Å². The number of phenolic OH excluding ortho intramolecular Hbond substituents is 1. The average molecular weight is 621 g/mol. The molecular weight excluding hydrogens is 578 g/mol. The summed E-state index contributed by atoms with van der Waals surface area (Å²) in [6, 6.07) is 13.0. The SMILES string of the molecule is Oc1ccc2c(c1)SC(C1C=CC(OCCC3=CCCCCC3)=CC1)C2Cc1ccc(CN2CCCC2)c(Br)c1. The van der Waals surface area contributed by atoms with Gasteiger partial charge in [0.2, 0.25) is 0 Å². The van der Waals surface area contributed by atoms with E-state index in [1.807, 2.05) is 23.9 Å². The van der Waals surface area contributed by atoms with Gasteiger partial charge in [0.1, 0.15) is 11.5 Å². The largest absolute Gasteiger partial charge is 0.508 e. The minimum Gasteiger partial charge on any atom is -0.508 e. The molecule has 3 unspecified atom stereocenters. The summed E-state index contributed by atoms with van der Waals surface area (Å²) in [5.41, 5.74) is 5.72. The third kappa shape index (κ3) is 6.91. The molecule has 0 spiro atoms. The lowest BCUT2D eigenvalue weighted by Crippen LogP contribution is -2.23. The molecule has 0 amide bonds. The Kier molecular flexibility index (Phi) is 9.41. The quantitative estimate of drug-likeness (QED) is 0.283. The number of phenols is 1. The summed E-state index contributed by atoms with van der Waals surface area (Å²) in [6.07, 6.45) is 21.5. The summed E-state index contributed by atoms with van der Waals surface area (Å²) in [6.45, 7) is 4.24. The first-order valence-electron chi connectivity index (χ1n) is 15.3. The fraction of sp³-hybridized carbons (Fsp3) is 0.486. The van der Waals surface area contributed by atoms with Crippen molar-refractivity contribution in [2.24, 2.45) is 5.92 Å². The van der Waals surface area contributed by atoms with Crippen LogP contribution in [0, 0.1) is 5.92 Å². The monoisotopic (exact) mass is 619 g/mol. The van der Waals surface area contributed by atoms with Crippen LogP contribution in [-0.2, 0) is 17.7 Å². The van der Waals surface area contributed by atoms with E-state index in [0.29, 0.717) is 22.8 Å². The van der Waals surface area contributed by atoms with Crippen molar-refractivity contribution in [1.82, 2.24) is 4.90 Å². The molecule has 2 aromatic carbocycles. The van der Waals surface area contributed by atoms with Gasteiger partial charge in [-0.2, -0.15) is 0 Å². The number of fused-ring (bicyclic) bond motifs is 1. The standard InChI is InChI=1S/C35H42BrNO2S/c36-33-22-26(9-10-28(33)24-37-18-5-6-19-37)21-32-31-16-13-29(38)23-34(31)40-35(32)27-11-14-30(15-12-27)39-20-17-25-7-3-1-2-4-8-25/h7,9-11,13-16,22-23,27,32,35,38H,1-6,8,12,17-21,24H2. The van der Waals surface area contributed by atoms with Gasteiger partial charge in [0.25, 0.3) is 0 Å². The Labute approximate surface area is 252 Å². The van der Waals surface area contributed by atoms with Gasteiger partial charge in [0.15, 0.2) is 0 Å². The van der Waals surface area contributed by atoms with Crippen molar-refractivity contribution in [3.05, 3.63) is 93.2 Å². The zero-order valence-electron chi connectivity index (χ0n) is 23.5. The van der Waals surface area contributed by atoms with Crippen LogP contribution in [-0.4, -0.2) is 35.0 Å². The number of hydrogen-bond acceptors (Lipinski definition) is 4. The summed E-state index contributed by atoms with van der Waals surface area (Å²) in [4.78, 5) is 3.79. The first kappa shape index (κ1) is 28.2. The van der Waals surface area contributed by atoms with Gasteiger partial charge in [0.05, 0.1) is 6.61 Å². The number of allylic oxidation sites excluding steroid dienone is 4. The maximum atomic E-state index is 10.2. The number of halogens is 1. The summed E-state index contributed by atoms with van der Waals surface area (Å²) >= 11 is 5.84. The fourth-order valence-electron chi connectivity index (χ4n) is 6.81. The maximum absolute atomic E-state index is 10.2. The molecule has 212 valence electrons. The molecule has 3 atom stereocenters. The van der Waals surface area contributed by atoms with E-state index in [2.05, 4.69) is 69.4 Å². The first-order valence-corrected chi connectivity index (χ1v) is 17.0. The summed E-state index contributed by atoms with van der Waals surface area (Å²) in [7, 11) is 0. The lowest BCUT2D eigenvalue weighted by atomic mass is 9.81. The predicted molar refractivity (Wildman–Crippen MR) is 170 cm³/mol. The molecule has 3 nitrogen and oxygen atoms in total. The Morgan fingerprint density at radius 3 is 2.73 bits per heavy atom. The van der Waals surface area contributed by atoms with Crippen LogP contribution in [0.25, 0.3) is 0 Å². The van der Waals surface area contributed by atoms with Crippen molar-refractivity contribution in [1.29, 1.82) is 0 Å². The number of ether oxygens (including phenoxy) is 1. The summed E-state index contributed by atoms with van der Waals surface area (Å²) in [5.74, 6) is 2.24. The van der Waals surface area contributed by atoms with Crippen LogP contribution in [0.15, 0.2) is 81.4 Å². The van der Waals surface area contributed by atoms with E-state index in [1.54, 1.807) is 5.57 Å². The number of aromatic hydroxyl groups is 1. The Morgan fingerprint density at radius 1 is 1.00 bits per heavy atom. The zero-order chi connectivity index (χ0) is 27.3. The van der Waals surface area contributed by atoms with Crippen molar-refractivity contribution < 1.29 is 9.84 Å². The molecule has 0 bridgehead atoms. The number of thioether (sulfide) groups is 1. The average Bonchev–Trinajstić information content (AvgIpc) is 3.51. The highest BCUT2D eigenvalue weighted by atomic mass is 79.9. The maximum Gasteiger partial charge on any atom is 0.116 e. The Morgan fingerprint density at radius 2 is 1.90 bits per heavy atom. The molecule has 5 heteroatoms. The second-order valence-electron chi connectivity index (χ2n) is 11.9. The van der Waals surface area contributed by atoms with Gasteiger partial charge in [-0.1, -0.05) is 58.3 Å². The third-order valence-corrected chi connectivity index (χ3v) is 11.4. The van der Waals surface area contributed by atoms with Gasteiger partial charge in [-0.05, 0) is 117 Å². The molecule has 4 aliphatic rings. The number of rotatable bonds is 9. The van der Waals surface area contributed by atoms with Crippen LogP contribution in [0.3, 0.4) is 0 Å². The van der Waals surface area contributed by atoms with Crippen LogP contribution in [0.5, 0.6) is 5.75 Å². The second kappa shape index (κ2) is 13.4. The first-order chi connectivity index (χ1) is 19.6. The highest BCUT2D eigenvalue weighted by Gasteiger charge is 2.38. The molecule has 2 heterocycles. The van der Waals surface area contributed by atoms with Gasteiger partial charge in [-0.3, -0.25) is 4.90 Å². The molecule has 1 saturated heterocycles. The molecule has 0 aromatic heterocycles. The van der Waals surface area contributed by atoms with E-state index < -0.39 is 0 Å². The Hall–Kier alpha value is -1.95. The third-order valence-electron chi connectivity index (χ3n) is 9.07. The molecule has 6 rings (SSSR count).